The van der Waals surface area contributed by atoms with Gasteiger partial charge < -0.3 is 10.4 Å². The Balaban J connectivity index is 1.87. The Morgan fingerprint density at radius 2 is 2.00 bits per heavy atom. The van der Waals surface area contributed by atoms with Crippen LogP contribution in [0.25, 0.3) is 0 Å². The number of amides is 1. The minimum atomic E-state index is -0.922. The number of nitrogens with one attached hydrogen (secondary N) is 1. The van der Waals surface area contributed by atoms with Crippen LogP contribution < -0.4 is 5.32 Å². The molecule has 1 fully saturated rings. The van der Waals surface area contributed by atoms with Crippen molar-refractivity contribution in [1.29, 1.82) is 0 Å². The molecule has 114 valence electrons. The molecule has 1 amide bonds. The normalized spacial score (nSPS) is 22.7. The monoisotopic (exact) mass is 293 g/mol. The Kier molecular flexibility index (Phi) is 4.03. The lowest BCUT2D eigenvalue weighted by atomic mass is 10.1. The second-order valence-electron chi connectivity index (χ2n) is 6.23. The lowest BCUT2D eigenvalue weighted by Gasteiger charge is -2.08. The van der Waals surface area contributed by atoms with Gasteiger partial charge in [-0.3, -0.25) is 9.59 Å². The molecule has 0 aromatic heterocycles. The van der Waals surface area contributed by atoms with Crippen LogP contribution in [0.4, 0.5) is 4.39 Å². The van der Waals surface area contributed by atoms with Crippen molar-refractivity contribution in [1.82, 2.24) is 5.32 Å². The smallest absolute Gasteiger partial charge is 0.307 e. The molecule has 4 nitrogen and oxygen atoms in total. The number of hydrogen-bond acceptors (Lipinski definition) is 2. The largest absolute Gasteiger partial charge is 0.481 e. The van der Waals surface area contributed by atoms with Gasteiger partial charge in [-0.15, -0.1) is 0 Å². The summed E-state index contributed by atoms with van der Waals surface area (Å²) in [4.78, 5) is 23.1. The van der Waals surface area contributed by atoms with Crippen molar-refractivity contribution in [3.8, 4) is 0 Å². The van der Waals surface area contributed by atoms with Gasteiger partial charge in [-0.05, 0) is 42.0 Å². The minimum Gasteiger partial charge on any atom is -0.481 e. The number of carboxylic acid groups (broad SMARTS) is 1. The van der Waals surface area contributed by atoms with Crippen molar-refractivity contribution in [3.63, 3.8) is 0 Å². The number of halogens is 1. The van der Waals surface area contributed by atoms with Gasteiger partial charge in [0.1, 0.15) is 5.82 Å². The Bertz CT molecular complexity index is 583. The molecule has 1 aromatic rings. The summed E-state index contributed by atoms with van der Waals surface area (Å²) in [5.41, 5.74) is 1.34. The van der Waals surface area contributed by atoms with E-state index in [0.717, 1.165) is 11.1 Å². The number of benzene rings is 1. The topological polar surface area (TPSA) is 66.4 Å². The summed E-state index contributed by atoms with van der Waals surface area (Å²) < 4.78 is 13.0. The van der Waals surface area contributed by atoms with Crippen LogP contribution in [0.3, 0.4) is 0 Å². The van der Waals surface area contributed by atoms with Crippen LogP contribution in [-0.4, -0.2) is 23.5 Å². The summed E-state index contributed by atoms with van der Waals surface area (Å²) in [6.07, 6.45) is 0.600. The fourth-order valence-electron chi connectivity index (χ4n) is 2.96. The second kappa shape index (κ2) is 5.47. The first-order valence-corrected chi connectivity index (χ1v) is 7.00. The zero-order valence-electron chi connectivity index (χ0n) is 12.4. The maximum Gasteiger partial charge on any atom is 0.307 e. The molecule has 0 spiro atoms. The lowest BCUT2D eigenvalue weighted by Crippen LogP contribution is -2.29. The molecule has 1 aromatic carbocycles. The van der Waals surface area contributed by atoms with Gasteiger partial charge in [0.2, 0.25) is 5.91 Å². The van der Waals surface area contributed by atoms with Gasteiger partial charge in [0.25, 0.3) is 0 Å². The first-order chi connectivity index (χ1) is 9.75. The Morgan fingerprint density at radius 3 is 2.52 bits per heavy atom. The molecule has 1 saturated carbocycles. The predicted octanol–water partition coefficient (Wildman–Crippen LogP) is 2.15. The number of aryl methyl sites for hydroxylation is 1. The van der Waals surface area contributed by atoms with E-state index < -0.39 is 23.2 Å². The van der Waals surface area contributed by atoms with Gasteiger partial charge >= 0.3 is 5.97 Å². The van der Waals surface area contributed by atoms with E-state index in [1.165, 1.54) is 12.1 Å². The lowest BCUT2D eigenvalue weighted by molar-refractivity contribution is -0.140. The van der Waals surface area contributed by atoms with Crippen LogP contribution in [0.5, 0.6) is 0 Å². The zero-order chi connectivity index (χ0) is 15.8. The van der Waals surface area contributed by atoms with Crippen LogP contribution in [0.2, 0.25) is 0 Å². The van der Waals surface area contributed by atoms with Crippen molar-refractivity contribution in [2.24, 2.45) is 17.3 Å². The highest BCUT2D eigenvalue weighted by Gasteiger charge is 2.65. The highest BCUT2D eigenvalue weighted by Crippen LogP contribution is 2.58. The third-order valence-electron chi connectivity index (χ3n) is 4.37. The molecule has 0 aliphatic heterocycles. The molecule has 2 atom stereocenters. The molecule has 5 heteroatoms. The van der Waals surface area contributed by atoms with Crippen molar-refractivity contribution in [3.05, 3.63) is 35.1 Å². The number of rotatable bonds is 5. The van der Waals surface area contributed by atoms with Gasteiger partial charge in [-0.2, -0.15) is 0 Å². The molecule has 1 aliphatic carbocycles. The van der Waals surface area contributed by atoms with E-state index in [4.69, 9.17) is 5.11 Å². The third kappa shape index (κ3) is 3.06. The summed E-state index contributed by atoms with van der Waals surface area (Å²) in [7, 11) is 0. The van der Waals surface area contributed by atoms with E-state index in [2.05, 4.69) is 5.32 Å². The molecule has 0 saturated heterocycles. The average Bonchev–Trinajstić information content (AvgIpc) is 2.95. The van der Waals surface area contributed by atoms with Crippen LogP contribution in [0.1, 0.15) is 25.0 Å². The van der Waals surface area contributed by atoms with Crippen LogP contribution in [0.15, 0.2) is 18.2 Å². The number of carbonyl (C=O) groups is 2. The second-order valence-corrected chi connectivity index (χ2v) is 6.23. The van der Waals surface area contributed by atoms with E-state index in [-0.39, 0.29) is 11.7 Å². The Labute approximate surface area is 123 Å². The van der Waals surface area contributed by atoms with Crippen LogP contribution in [0, 0.1) is 30.0 Å². The van der Waals surface area contributed by atoms with Gasteiger partial charge in [0.05, 0.1) is 11.8 Å². The van der Waals surface area contributed by atoms with Gasteiger partial charge in [-0.1, -0.05) is 19.9 Å². The molecule has 0 unspecified atom stereocenters. The summed E-state index contributed by atoms with van der Waals surface area (Å²) in [5.74, 6) is -2.49. The number of carbonyl (C=O) groups excluding carboxylic acids is 1. The highest BCUT2D eigenvalue weighted by molar-refractivity contribution is 5.91. The molecule has 2 rings (SSSR count). The predicted molar refractivity (Wildman–Crippen MR) is 76.2 cm³/mol. The van der Waals surface area contributed by atoms with Gasteiger partial charge in [-0.25, -0.2) is 4.39 Å². The third-order valence-corrected chi connectivity index (χ3v) is 4.37. The molecular weight excluding hydrogens is 273 g/mol. The number of carboxylic acids is 1. The molecule has 0 radical (unpaired) electrons. The van der Waals surface area contributed by atoms with Crippen LogP contribution >= 0.6 is 0 Å². The molecule has 0 bridgehead atoms. The molecular formula is C16H20FNO3. The summed E-state index contributed by atoms with van der Waals surface area (Å²) in [6, 6.07) is 4.56. The fourth-order valence-corrected chi connectivity index (χ4v) is 2.96. The molecule has 0 heterocycles. The van der Waals surface area contributed by atoms with Gasteiger partial charge in [0.15, 0.2) is 0 Å². The summed E-state index contributed by atoms with van der Waals surface area (Å²) in [5, 5.41) is 11.8. The van der Waals surface area contributed by atoms with Gasteiger partial charge in [0, 0.05) is 6.54 Å². The SMILES string of the molecule is Cc1cc(F)ccc1CCNC(=O)[C@H]1[C@@H](C(=O)O)C1(C)C. The van der Waals surface area contributed by atoms with Crippen molar-refractivity contribution >= 4 is 11.9 Å². The molecule has 21 heavy (non-hydrogen) atoms. The summed E-state index contributed by atoms with van der Waals surface area (Å²) >= 11 is 0. The highest BCUT2D eigenvalue weighted by atomic mass is 19.1. The molecule has 2 N–H and O–H groups in total. The van der Waals surface area contributed by atoms with Crippen LogP contribution in [-0.2, 0) is 16.0 Å². The van der Waals surface area contributed by atoms with E-state index in [0.29, 0.717) is 13.0 Å². The average molecular weight is 293 g/mol. The van der Waals surface area contributed by atoms with E-state index >= 15 is 0 Å². The van der Waals surface area contributed by atoms with E-state index in [1.54, 1.807) is 19.9 Å². The zero-order valence-corrected chi connectivity index (χ0v) is 12.4. The Hall–Kier alpha value is -1.91. The fraction of sp³-hybridized carbons (Fsp3) is 0.500. The quantitative estimate of drug-likeness (QED) is 0.874. The summed E-state index contributed by atoms with van der Waals surface area (Å²) in [6.45, 7) is 5.83. The Morgan fingerprint density at radius 1 is 1.33 bits per heavy atom. The van der Waals surface area contributed by atoms with Crippen molar-refractivity contribution < 1.29 is 19.1 Å². The number of aliphatic carboxylic acids is 1. The van der Waals surface area contributed by atoms with Crippen molar-refractivity contribution in [2.75, 3.05) is 6.54 Å². The minimum absolute atomic E-state index is 0.216. The maximum absolute atomic E-state index is 13.0. The van der Waals surface area contributed by atoms with Crippen molar-refractivity contribution in [2.45, 2.75) is 27.2 Å². The first kappa shape index (κ1) is 15.5. The first-order valence-electron chi connectivity index (χ1n) is 7.00. The van der Waals surface area contributed by atoms with E-state index in [1.807, 2.05) is 6.92 Å². The van der Waals surface area contributed by atoms with E-state index in [9.17, 15) is 14.0 Å². The standard InChI is InChI=1S/C16H20FNO3/c1-9-8-11(17)5-4-10(9)6-7-18-14(19)12-13(15(20)21)16(12,2)3/h4-5,8,12-13H,6-7H2,1-3H3,(H,18,19)(H,20,21)/t12-,13+/m1/s1. The maximum atomic E-state index is 13.0. The molecule has 1 aliphatic rings. The number of hydrogen-bond donors (Lipinski definition) is 2.